The van der Waals surface area contributed by atoms with E-state index in [1.165, 1.54) is 0 Å². The summed E-state index contributed by atoms with van der Waals surface area (Å²) in [4.78, 5) is 11.5. The smallest absolute Gasteiger partial charge is 0.315 e. The quantitative estimate of drug-likeness (QED) is 0.843. The highest BCUT2D eigenvalue weighted by molar-refractivity contribution is 5.74. The molecule has 1 aromatic heterocycles. The third-order valence-corrected chi connectivity index (χ3v) is 2.49. The lowest BCUT2D eigenvalue weighted by Gasteiger charge is -2.16. The number of hydrogen-bond donors (Lipinski definition) is 2. The molecule has 0 aliphatic carbocycles. The fourth-order valence-corrected chi connectivity index (χ4v) is 1.68. The Labute approximate surface area is 102 Å². The summed E-state index contributed by atoms with van der Waals surface area (Å²) in [5.74, 6) is 0.820. The van der Waals surface area contributed by atoms with Gasteiger partial charge in [-0.05, 0) is 41.0 Å². The van der Waals surface area contributed by atoms with E-state index in [9.17, 15) is 4.79 Å². The van der Waals surface area contributed by atoms with Gasteiger partial charge in [0, 0.05) is 17.6 Å². The van der Waals surface area contributed by atoms with E-state index in [-0.39, 0.29) is 18.1 Å². The van der Waals surface area contributed by atoms with Crippen molar-refractivity contribution in [2.24, 2.45) is 0 Å². The number of hydrogen-bond acceptors (Lipinski definition) is 3. The van der Waals surface area contributed by atoms with Gasteiger partial charge in [-0.1, -0.05) is 5.16 Å². The van der Waals surface area contributed by atoms with E-state index in [0.29, 0.717) is 0 Å². The van der Waals surface area contributed by atoms with Crippen LogP contribution in [-0.4, -0.2) is 23.3 Å². The molecule has 1 heterocycles. The van der Waals surface area contributed by atoms with E-state index in [4.69, 9.17) is 4.52 Å². The zero-order chi connectivity index (χ0) is 13.0. The fraction of sp³-hybridized carbons (Fsp3) is 0.667. The average molecular weight is 239 g/mol. The van der Waals surface area contributed by atoms with Crippen LogP contribution in [0, 0.1) is 13.8 Å². The summed E-state index contributed by atoms with van der Waals surface area (Å²) in [5, 5.41) is 9.57. The Morgan fingerprint density at radius 1 is 1.29 bits per heavy atom. The summed E-state index contributed by atoms with van der Waals surface area (Å²) in [6.45, 7) is 9.62. The van der Waals surface area contributed by atoms with Crippen molar-refractivity contribution < 1.29 is 9.32 Å². The van der Waals surface area contributed by atoms with Crippen LogP contribution in [0.1, 0.15) is 37.8 Å². The number of aromatic nitrogens is 1. The number of amides is 2. The lowest BCUT2D eigenvalue weighted by atomic mass is 10.1. The van der Waals surface area contributed by atoms with Crippen molar-refractivity contribution in [1.82, 2.24) is 15.8 Å². The van der Waals surface area contributed by atoms with Gasteiger partial charge in [-0.3, -0.25) is 0 Å². The average Bonchev–Trinajstić information content (AvgIpc) is 2.47. The Kier molecular flexibility index (Phi) is 4.54. The highest BCUT2D eigenvalue weighted by Gasteiger charge is 2.14. The van der Waals surface area contributed by atoms with Gasteiger partial charge in [-0.2, -0.15) is 0 Å². The molecule has 1 unspecified atom stereocenters. The van der Waals surface area contributed by atoms with Crippen LogP contribution in [0.4, 0.5) is 4.79 Å². The zero-order valence-electron chi connectivity index (χ0n) is 11.1. The van der Waals surface area contributed by atoms with Crippen LogP contribution in [0.5, 0.6) is 0 Å². The summed E-state index contributed by atoms with van der Waals surface area (Å²) in [6, 6.07) is 0.0473. The molecule has 1 aromatic rings. The Bertz CT molecular complexity index is 366. The number of aryl methyl sites for hydroxylation is 2. The molecule has 5 heteroatoms. The van der Waals surface area contributed by atoms with Crippen LogP contribution in [0.2, 0.25) is 0 Å². The lowest BCUT2D eigenvalue weighted by Crippen LogP contribution is -2.44. The van der Waals surface area contributed by atoms with Crippen molar-refractivity contribution in [3.05, 3.63) is 17.0 Å². The first kappa shape index (κ1) is 13.5. The molecule has 0 spiro atoms. The van der Waals surface area contributed by atoms with Crippen LogP contribution in [-0.2, 0) is 6.42 Å². The first-order valence-electron chi connectivity index (χ1n) is 5.89. The summed E-state index contributed by atoms with van der Waals surface area (Å²) < 4.78 is 5.09. The first-order chi connectivity index (χ1) is 7.90. The molecule has 17 heavy (non-hydrogen) atoms. The van der Waals surface area contributed by atoms with E-state index < -0.39 is 0 Å². The molecule has 2 amide bonds. The monoisotopic (exact) mass is 239 g/mol. The molecule has 1 atom stereocenters. The minimum Gasteiger partial charge on any atom is -0.361 e. The highest BCUT2D eigenvalue weighted by atomic mass is 16.5. The largest absolute Gasteiger partial charge is 0.361 e. The Morgan fingerprint density at radius 2 is 1.94 bits per heavy atom. The summed E-state index contributed by atoms with van der Waals surface area (Å²) in [5.41, 5.74) is 1.96. The number of rotatable bonds is 4. The van der Waals surface area contributed by atoms with E-state index in [2.05, 4.69) is 15.8 Å². The number of nitrogens with one attached hydrogen (secondary N) is 2. The van der Waals surface area contributed by atoms with Gasteiger partial charge in [0.25, 0.3) is 0 Å². The van der Waals surface area contributed by atoms with Gasteiger partial charge in [0.1, 0.15) is 5.76 Å². The van der Waals surface area contributed by atoms with E-state index in [1.54, 1.807) is 0 Å². The van der Waals surface area contributed by atoms with Gasteiger partial charge in [0.15, 0.2) is 0 Å². The van der Waals surface area contributed by atoms with Crippen LogP contribution in [0.3, 0.4) is 0 Å². The zero-order valence-corrected chi connectivity index (χ0v) is 11.1. The van der Waals surface area contributed by atoms with E-state index in [1.807, 2.05) is 34.6 Å². The minimum absolute atomic E-state index is 0.0468. The molecule has 0 aliphatic heterocycles. The van der Waals surface area contributed by atoms with Crippen LogP contribution in [0.15, 0.2) is 4.52 Å². The van der Waals surface area contributed by atoms with Crippen LogP contribution < -0.4 is 10.6 Å². The van der Waals surface area contributed by atoms with Crippen molar-refractivity contribution in [2.45, 2.75) is 53.1 Å². The first-order valence-corrected chi connectivity index (χ1v) is 5.89. The van der Waals surface area contributed by atoms with E-state index in [0.717, 1.165) is 23.4 Å². The van der Waals surface area contributed by atoms with Gasteiger partial charge in [-0.15, -0.1) is 0 Å². The number of carbonyl (C=O) groups excluding carboxylic acids is 1. The fourth-order valence-electron chi connectivity index (χ4n) is 1.68. The second-order valence-electron chi connectivity index (χ2n) is 4.68. The second-order valence-corrected chi connectivity index (χ2v) is 4.68. The number of urea groups is 1. The third-order valence-electron chi connectivity index (χ3n) is 2.49. The molecule has 0 saturated carbocycles. The molecule has 0 aromatic carbocycles. The van der Waals surface area contributed by atoms with E-state index >= 15 is 0 Å². The predicted octanol–water partition coefficient (Wildman–Crippen LogP) is 1.93. The Hall–Kier alpha value is -1.52. The Balaban J connectivity index is 2.50. The maximum atomic E-state index is 11.5. The standard InChI is InChI=1S/C12H21N3O2/c1-7(2)13-12(16)14-8(3)6-11-9(4)15-17-10(11)5/h7-8H,6H2,1-5H3,(H2,13,14,16). The van der Waals surface area contributed by atoms with Crippen molar-refractivity contribution in [3.63, 3.8) is 0 Å². The normalized spacial score (nSPS) is 12.6. The number of nitrogens with zero attached hydrogens (tertiary/aromatic N) is 1. The molecule has 0 bridgehead atoms. The van der Waals surface area contributed by atoms with Gasteiger partial charge in [0.05, 0.1) is 5.69 Å². The molecular formula is C12H21N3O2. The maximum absolute atomic E-state index is 11.5. The molecule has 0 saturated heterocycles. The van der Waals surface area contributed by atoms with Crippen LogP contribution in [0.25, 0.3) is 0 Å². The molecule has 0 radical (unpaired) electrons. The molecule has 96 valence electrons. The van der Waals surface area contributed by atoms with Crippen molar-refractivity contribution in [3.8, 4) is 0 Å². The molecule has 0 aliphatic rings. The maximum Gasteiger partial charge on any atom is 0.315 e. The SMILES string of the molecule is Cc1noc(C)c1CC(C)NC(=O)NC(C)C. The predicted molar refractivity (Wildman–Crippen MR) is 65.9 cm³/mol. The third kappa shape index (κ3) is 4.09. The molecule has 5 nitrogen and oxygen atoms in total. The minimum atomic E-state index is -0.140. The van der Waals surface area contributed by atoms with Crippen molar-refractivity contribution >= 4 is 6.03 Å². The Morgan fingerprint density at radius 3 is 2.41 bits per heavy atom. The van der Waals surface area contributed by atoms with Crippen molar-refractivity contribution in [1.29, 1.82) is 0 Å². The van der Waals surface area contributed by atoms with Gasteiger partial charge in [0.2, 0.25) is 0 Å². The molecular weight excluding hydrogens is 218 g/mol. The highest BCUT2D eigenvalue weighted by Crippen LogP contribution is 2.14. The summed E-state index contributed by atoms with van der Waals surface area (Å²) in [6.07, 6.45) is 0.729. The summed E-state index contributed by atoms with van der Waals surface area (Å²) in [7, 11) is 0. The topological polar surface area (TPSA) is 67.2 Å². The lowest BCUT2D eigenvalue weighted by molar-refractivity contribution is 0.235. The number of carbonyl (C=O) groups is 1. The molecule has 1 rings (SSSR count). The van der Waals surface area contributed by atoms with Gasteiger partial charge in [-0.25, -0.2) is 4.79 Å². The van der Waals surface area contributed by atoms with Gasteiger partial charge < -0.3 is 15.2 Å². The van der Waals surface area contributed by atoms with Crippen molar-refractivity contribution in [2.75, 3.05) is 0 Å². The van der Waals surface area contributed by atoms with Crippen LogP contribution >= 0.6 is 0 Å². The molecule has 0 fully saturated rings. The summed E-state index contributed by atoms with van der Waals surface area (Å²) >= 11 is 0. The molecule has 2 N–H and O–H groups in total. The van der Waals surface area contributed by atoms with Gasteiger partial charge >= 0.3 is 6.03 Å². The second kappa shape index (κ2) is 5.70.